The molecule has 0 bridgehead atoms. The lowest BCUT2D eigenvalue weighted by Crippen LogP contribution is -2.05. The highest BCUT2D eigenvalue weighted by molar-refractivity contribution is 6.30. The maximum Gasteiger partial charge on any atom is 0.363 e. The van der Waals surface area contributed by atoms with Gasteiger partial charge >= 0.3 is 5.97 Å². The molecule has 0 saturated carbocycles. The van der Waals surface area contributed by atoms with Crippen LogP contribution in [-0.2, 0) is 9.53 Å². The molecule has 0 fully saturated rings. The quantitative estimate of drug-likeness (QED) is 0.214. The first-order valence-electron chi connectivity index (χ1n) is 11.3. The third kappa shape index (κ3) is 7.13. The highest BCUT2D eigenvalue weighted by atomic mass is 35.5. The van der Waals surface area contributed by atoms with E-state index in [9.17, 15) is 9.90 Å². The van der Waals surface area contributed by atoms with Gasteiger partial charge in [0.1, 0.15) is 11.5 Å². The van der Waals surface area contributed by atoms with Crippen LogP contribution in [-0.4, -0.2) is 23.6 Å². The zero-order valence-corrected chi connectivity index (χ0v) is 19.2. The number of aliphatic imine (C=N–C) groups is 1. The van der Waals surface area contributed by atoms with Gasteiger partial charge in [0.2, 0.25) is 5.90 Å². The van der Waals surface area contributed by atoms with Gasteiger partial charge in [0.05, 0.1) is 6.61 Å². The minimum Gasteiger partial charge on any atom is -0.507 e. The Morgan fingerprint density at radius 2 is 1.69 bits per heavy atom. The Hall–Kier alpha value is -2.79. The largest absolute Gasteiger partial charge is 0.507 e. The number of hydrogen-bond donors (Lipinski definition) is 1. The number of phenolic OH excluding ortho intramolecular Hbond substituents is 1. The molecule has 5 nitrogen and oxygen atoms in total. The summed E-state index contributed by atoms with van der Waals surface area (Å²) in [5.74, 6) is 0.435. The number of esters is 1. The first kappa shape index (κ1) is 23.9. The van der Waals surface area contributed by atoms with Gasteiger partial charge in [-0.15, -0.1) is 0 Å². The molecule has 0 aliphatic carbocycles. The number of phenols is 1. The second-order valence-corrected chi connectivity index (χ2v) is 8.32. The first-order valence-corrected chi connectivity index (χ1v) is 11.7. The van der Waals surface area contributed by atoms with Crippen LogP contribution in [0.2, 0.25) is 5.02 Å². The van der Waals surface area contributed by atoms with E-state index in [1.165, 1.54) is 57.1 Å². The molecule has 0 unspecified atom stereocenters. The number of unbranched alkanes of at least 4 members (excludes halogenated alkanes) is 7. The molecule has 1 N–H and O–H groups in total. The molecular weight excluding hydrogens is 426 g/mol. The fraction of sp³-hybridized carbons (Fsp3) is 0.385. The SMILES string of the molecule is CCCCCCCCCCOc1ccc(C2=N/C(=C\c3cc(Cl)ccc3O)C(=O)O2)cc1. The van der Waals surface area contributed by atoms with Gasteiger partial charge in [-0.25, -0.2) is 9.79 Å². The molecule has 0 atom stereocenters. The summed E-state index contributed by atoms with van der Waals surface area (Å²) in [5.41, 5.74) is 1.18. The van der Waals surface area contributed by atoms with E-state index in [2.05, 4.69) is 11.9 Å². The number of halogens is 1. The number of cyclic esters (lactones) is 1. The maximum atomic E-state index is 12.2. The van der Waals surface area contributed by atoms with E-state index in [0.29, 0.717) is 22.8 Å². The molecule has 3 rings (SSSR count). The van der Waals surface area contributed by atoms with Crippen molar-refractivity contribution in [1.82, 2.24) is 0 Å². The number of nitrogens with zero attached hydrogens (tertiary/aromatic N) is 1. The van der Waals surface area contributed by atoms with Crippen LogP contribution in [0.4, 0.5) is 0 Å². The third-order valence-corrected chi connectivity index (χ3v) is 5.51. The number of hydrogen-bond acceptors (Lipinski definition) is 5. The van der Waals surface area contributed by atoms with E-state index >= 15 is 0 Å². The summed E-state index contributed by atoms with van der Waals surface area (Å²) in [5, 5.41) is 10.4. The Morgan fingerprint density at radius 3 is 2.41 bits per heavy atom. The van der Waals surface area contributed by atoms with Gasteiger partial charge in [-0.2, -0.15) is 0 Å². The number of aromatic hydroxyl groups is 1. The number of ether oxygens (including phenoxy) is 2. The number of rotatable bonds is 12. The van der Waals surface area contributed by atoms with Gasteiger partial charge < -0.3 is 14.6 Å². The van der Waals surface area contributed by atoms with Crippen LogP contribution in [0.1, 0.15) is 69.4 Å². The fourth-order valence-corrected chi connectivity index (χ4v) is 3.62. The standard InChI is InChI=1S/C26H30ClNO4/c1-2-3-4-5-6-7-8-9-16-31-22-13-10-19(11-14-22)25-28-23(26(30)32-25)18-20-17-21(27)12-15-24(20)29/h10-15,17-18,29H,2-9,16H2,1H3/b23-18-. The molecule has 170 valence electrons. The molecule has 2 aromatic carbocycles. The van der Waals surface area contributed by atoms with Crippen molar-refractivity contribution in [1.29, 1.82) is 0 Å². The zero-order valence-electron chi connectivity index (χ0n) is 18.5. The Morgan fingerprint density at radius 1 is 1.00 bits per heavy atom. The van der Waals surface area contributed by atoms with Crippen LogP contribution in [0, 0.1) is 0 Å². The lowest BCUT2D eigenvalue weighted by molar-refractivity contribution is -0.129. The molecule has 6 heteroatoms. The maximum absolute atomic E-state index is 12.2. The van der Waals surface area contributed by atoms with Gasteiger partial charge in [0.15, 0.2) is 5.70 Å². The second kappa shape index (κ2) is 12.3. The summed E-state index contributed by atoms with van der Waals surface area (Å²) < 4.78 is 11.1. The Labute approximate surface area is 194 Å². The van der Waals surface area contributed by atoms with Crippen molar-refractivity contribution in [2.75, 3.05) is 6.61 Å². The topological polar surface area (TPSA) is 68.1 Å². The lowest BCUT2D eigenvalue weighted by atomic mass is 10.1. The van der Waals surface area contributed by atoms with Gasteiger partial charge in [0.25, 0.3) is 0 Å². The molecule has 0 spiro atoms. The summed E-state index contributed by atoms with van der Waals surface area (Å²) in [6, 6.07) is 11.9. The minimum absolute atomic E-state index is 0.0105. The second-order valence-electron chi connectivity index (χ2n) is 7.89. The van der Waals surface area contributed by atoms with E-state index in [1.807, 2.05) is 24.3 Å². The lowest BCUT2D eigenvalue weighted by Gasteiger charge is -2.07. The summed E-state index contributed by atoms with van der Waals surface area (Å²) in [6.07, 6.45) is 11.6. The molecule has 1 aliphatic heterocycles. The fourth-order valence-electron chi connectivity index (χ4n) is 3.44. The molecule has 1 aliphatic rings. The van der Waals surface area contributed by atoms with Gasteiger partial charge in [-0.3, -0.25) is 0 Å². The Kier molecular flexibility index (Phi) is 9.17. The van der Waals surface area contributed by atoms with Crippen molar-refractivity contribution in [2.45, 2.75) is 58.3 Å². The van der Waals surface area contributed by atoms with E-state index in [-0.39, 0.29) is 17.3 Å². The van der Waals surface area contributed by atoms with Crippen molar-refractivity contribution in [3.05, 3.63) is 64.3 Å². The van der Waals surface area contributed by atoms with E-state index in [0.717, 1.165) is 12.2 Å². The average molecular weight is 456 g/mol. The van der Waals surface area contributed by atoms with Crippen LogP contribution in [0.25, 0.3) is 6.08 Å². The monoisotopic (exact) mass is 455 g/mol. The molecule has 2 aromatic rings. The van der Waals surface area contributed by atoms with Crippen LogP contribution >= 0.6 is 11.6 Å². The van der Waals surface area contributed by atoms with Crippen molar-refractivity contribution >= 4 is 29.5 Å². The number of carbonyl (C=O) groups is 1. The highest BCUT2D eigenvalue weighted by Crippen LogP contribution is 2.27. The van der Waals surface area contributed by atoms with Crippen LogP contribution in [0.5, 0.6) is 11.5 Å². The Bertz CT molecular complexity index is 966. The van der Waals surface area contributed by atoms with Gasteiger partial charge in [-0.05, 0) is 55.0 Å². The summed E-state index contributed by atoms with van der Waals surface area (Å²) in [7, 11) is 0. The molecule has 0 amide bonds. The summed E-state index contributed by atoms with van der Waals surface area (Å²) in [4.78, 5) is 16.5. The molecule has 0 saturated heterocycles. The van der Waals surface area contributed by atoms with Crippen LogP contribution < -0.4 is 4.74 Å². The number of carbonyl (C=O) groups excluding carboxylic acids is 1. The molecule has 32 heavy (non-hydrogen) atoms. The van der Waals surface area contributed by atoms with Crippen LogP contribution in [0.15, 0.2) is 53.2 Å². The van der Waals surface area contributed by atoms with Crippen LogP contribution in [0.3, 0.4) is 0 Å². The van der Waals surface area contributed by atoms with Crippen molar-refractivity contribution in [2.24, 2.45) is 4.99 Å². The smallest absolute Gasteiger partial charge is 0.363 e. The number of benzene rings is 2. The van der Waals surface area contributed by atoms with Crippen molar-refractivity contribution < 1.29 is 19.4 Å². The van der Waals surface area contributed by atoms with E-state index in [1.54, 1.807) is 12.1 Å². The summed E-state index contributed by atoms with van der Waals surface area (Å²) >= 11 is 5.96. The predicted octanol–water partition coefficient (Wildman–Crippen LogP) is 6.91. The molecule has 0 radical (unpaired) electrons. The Balaban J connectivity index is 1.49. The third-order valence-electron chi connectivity index (χ3n) is 5.27. The molecular formula is C26H30ClNO4. The summed E-state index contributed by atoms with van der Waals surface area (Å²) in [6.45, 7) is 2.93. The van der Waals surface area contributed by atoms with E-state index in [4.69, 9.17) is 21.1 Å². The first-order chi connectivity index (χ1) is 15.6. The van der Waals surface area contributed by atoms with Crippen molar-refractivity contribution in [3.63, 3.8) is 0 Å². The van der Waals surface area contributed by atoms with Crippen molar-refractivity contribution in [3.8, 4) is 11.5 Å². The average Bonchev–Trinajstić information content (AvgIpc) is 3.15. The normalized spacial score (nSPS) is 14.5. The molecule has 1 heterocycles. The zero-order chi connectivity index (χ0) is 22.8. The van der Waals surface area contributed by atoms with Gasteiger partial charge in [0, 0.05) is 16.1 Å². The predicted molar refractivity (Wildman–Crippen MR) is 128 cm³/mol. The minimum atomic E-state index is -0.575. The highest BCUT2D eigenvalue weighted by Gasteiger charge is 2.24. The van der Waals surface area contributed by atoms with E-state index < -0.39 is 5.97 Å². The van der Waals surface area contributed by atoms with Gasteiger partial charge in [-0.1, -0.05) is 63.5 Å². The molecule has 0 aromatic heterocycles.